The van der Waals surface area contributed by atoms with Gasteiger partial charge in [-0.1, -0.05) is 18.2 Å². The highest BCUT2D eigenvalue weighted by Gasteiger charge is 2.33. The van der Waals surface area contributed by atoms with Gasteiger partial charge in [-0.2, -0.15) is 5.10 Å². The Morgan fingerprint density at radius 1 is 1.19 bits per heavy atom. The van der Waals surface area contributed by atoms with Gasteiger partial charge in [0, 0.05) is 38.5 Å². The molecule has 2 aliphatic rings. The Labute approximate surface area is 180 Å². The molecule has 0 saturated carbocycles. The number of nitrogen functional groups attached to an aromatic ring is 1. The minimum atomic E-state index is -0.304. The second kappa shape index (κ2) is 9.30. The summed E-state index contributed by atoms with van der Waals surface area (Å²) in [7, 11) is 0. The number of carbonyl (C=O) groups excluding carboxylic acids is 3. The number of aromatic nitrogens is 2. The molecule has 0 unspecified atom stereocenters. The van der Waals surface area contributed by atoms with Crippen LogP contribution in [0.3, 0.4) is 0 Å². The van der Waals surface area contributed by atoms with Crippen molar-refractivity contribution in [2.45, 2.75) is 19.3 Å². The third-order valence-corrected chi connectivity index (χ3v) is 5.89. The highest BCUT2D eigenvalue weighted by Crippen LogP contribution is 2.25. The van der Waals surface area contributed by atoms with Crippen molar-refractivity contribution in [1.82, 2.24) is 19.6 Å². The predicted octanol–water partition coefficient (Wildman–Crippen LogP) is 1.12. The van der Waals surface area contributed by atoms with E-state index in [1.807, 2.05) is 30.3 Å². The van der Waals surface area contributed by atoms with Gasteiger partial charge in [0.1, 0.15) is 12.4 Å². The molecule has 9 heteroatoms. The van der Waals surface area contributed by atoms with Crippen LogP contribution in [-0.4, -0.2) is 76.6 Å². The van der Waals surface area contributed by atoms with Crippen LogP contribution in [0, 0.1) is 5.92 Å². The van der Waals surface area contributed by atoms with Crippen LogP contribution in [0.25, 0.3) is 5.69 Å². The summed E-state index contributed by atoms with van der Waals surface area (Å²) in [5.74, 6) is -0.0900. The van der Waals surface area contributed by atoms with Crippen LogP contribution in [0.4, 0.5) is 5.82 Å². The second-order valence-corrected chi connectivity index (χ2v) is 7.92. The topological polar surface area (TPSA) is 111 Å². The number of carbonyl (C=O) groups is 3. The van der Waals surface area contributed by atoms with Gasteiger partial charge in [-0.05, 0) is 25.0 Å². The molecule has 0 radical (unpaired) electrons. The first-order valence-corrected chi connectivity index (χ1v) is 10.6. The molecule has 2 fully saturated rings. The molecule has 164 valence electrons. The van der Waals surface area contributed by atoms with E-state index in [4.69, 9.17) is 10.5 Å². The third kappa shape index (κ3) is 4.61. The first-order chi connectivity index (χ1) is 15.0. The maximum atomic E-state index is 13.0. The highest BCUT2D eigenvalue weighted by molar-refractivity contribution is 6.02. The van der Waals surface area contributed by atoms with E-state index < -0.39 is 0 Å². The average molecular weight is 425 g/mol. The van der Waals surface area contributed by atoms with Crippen LogP contribution in [0.5, 0.6) is 0 Å². The summed E-state index contributed by atoms with van der Waals surface area (Å²) in [5.41, 5.74) is 7.36. The summed E-state index contributed by atoms with van der Waals surface area (Å²) in [4.78, 5) is 40.4. The van der Waals surface area contributed by atoms with E-state index in [1.54, 1.807) is 14.5 Å². The minimum Gasteiger partial charge on any atom is -0.383 e. The smallest absolute Gasteiger partial charge is 0.248 e. The van der Waals surface area contributed by atoms with Crippen LogP contribution in [0.15, 0.2) is 36.5 Å². The maximum absolute atomic E-state index is 13.0. The number of ketones is 1. The standard InChI is InChI=1S/C22H27N5O4/c23-22-18(13-24-27(22)17-5-2-1-3-6-17)21(30)16-8-10-26(14-16)20(29)15-31-12-11-25-9-4-7-19(25)28/h1-3,5-6,13,16H,4,7-12,14-15,23H2/t16-/m1/s1. The summed E-state index contributed by atoms with van der Waals surface area (Å²) in [5, 5.41) is 4.26. The van der Waals surface area contributed by atoms with E-state index in [9.17, 15) is 14.4 Å². The molecule has 3 heterocycles. The normalized spacial score (nSPS) is 18.7. The Balaban J connectivity index is 1.27. The zero-order valence-electron chi connectivity index (χ0n) is 17.4. The summed E-state index contributed by atoms with van der Waals surface area (Å²) < 4.78 is 7.01. The third-order valence-electron chi connectivity index (χ3n) is 5.89. The molecule has 31 heavy (non-hydrogen) atoms. The molecule has 2 saturated heterocycles. The number of hydrogen-bond acceptors (Lipinski definition) is 6. The fourth-order valence-corrected chi connectivity index (χ4v) is 4.11. The van der Waals surface area contributed by atoms with Gasteiger partial charge in [0.2, 0.25) is 11.8 Å². The number of ether oxygens (including phenoxy) is 1. The van der Waals surface area contributed by atoms with Crippen LogP contribution in [0.1, 0.15) is 29.6 Å². The Morgan fingerprint density at radius 3 is 2.74 bits per heavy atom. The number of para-hydroxylation sites is 1. The van der Waals surface area contributed by atoms with Crippen LogP contribution in [0.2, 0.25) is 0 Å². The number of nitrogens with zero attached hydrogens (tertiary/aromatic N) is 4. The average Bonchev–Trinajstić information content (AvgIpc) is 3.51. The lowest BCUT2D eigenvalue weighted by molar-refractivity contribution is -0.135. The van der Waals surface area contributed by atoms with E-state index in [0.717, 1.165) is 18.7 Å². The molecular weight excluding hydrogens is 398 g/mol. The Kier molecular flexibility index (Phi) is 6.31. The lowest BCUT2D eigenvalue weighted by atomic mass is 9.98. The highest BCUT2D eigenvalue weighted by atomic mass is 16.5. The fourth-order valence-electron chi connectivity index (χ4n) is 4.11. The molecule has 2 amide bonds. The van der Waals surface area contributed by atoms with E-state index >= 15 is 0 Å². The number of amides is 2. The van der Waals surface area contributed by atoms with Crippen LogP contribution < -0.4 is 5.73 Å². The van der Waals surface area contributed by atoms with E-state index in [0.29, 0.717) is 50.5 Å². The van der Waals surface area contributed by atoms with Crippen molar-refractivity contribution in [2.24, 2.45) is 5.92 Å². The molecule has 0 spiro atoms. The molecule has 2 aromatic rings. The lowest BCUT2D eigenvalue weighted by Gasteiger charge is -2.18. The summed E-state index contributed by atoms with van der Waals surface area (Å²) in [6.45, 7) is 2.42. The lowest BCUT2D eigenvalue weighted by Crippen LogP contribution is -2.34. The van der Waals surface area contributed by atoms with Crippen molar-refractivity contribution < 1.29 is 19.1 Å². The first kappa shape index (κ1) is 21.0. The van der Waals surface area contributed by atoms with Crippen molar-refractivity contribution in [3.05, 3.63) is 42.1 Å². The van der Waals surface area contributed by atoms with Gasteiger partial charge in [0.25, 0.3) is 0 Å². The summed E-state index contributed by atoms with van der Waals surface area (Å²) >= 11 is 0. The molecule has 9 nitrogen and oxygen atoms in total. The zero-order valence-corrected chi connectivity index (χ0v) is 17.4. The summed E-state index contributed by atoms with van der Waals surface area (Å²) in [6, 6.07) is 9.39. The molecule has 2 N–H and O–H groups in total. The second-order valence-electron chi connectivity index (χ2n) is 7.92. The number of anilines is 1. The van der Waals surface area contributed by atoms with Crippen molar-refractivity contribution in [1.29, 1.82) is 0 Å². The van der Waals surface area contributed by atoms with E-state index in [-0.39, 0.29) is 30.1 Å². The van der Waals surface area contributed by atoms with Crippen molar-refractivity contribution in [3.63, 3.8) is 0 Å². The van der Waals surface area contributed by atoms with E-state index in [1.165, 1.54) is 6.20 Å². The number of Topliss-reactive ketones (excluding diaryl/α,β-unsaturated/α-hetero) is 1. The van der Waals surface area contributed by atoms with Crippen molar-refractivity contribution in [2.75, 3.05) is 45.1 Å². The number of hydrogen-bond donors (Lipinski definition) is 1. The van der Waals surface area contributed by atoms with Gasteiger partial charge in [-0.25, -0.2) is 4.68 Å². The van der Waals surface area contributed by atoms with Crippen molar-refractivity contribution >= 4 is 23.4 Å². The Hall–Kier alpha value is -3.20. The van der Waals surface area contributed by atoms with Crippen LogP contribution in [-0.2, 0) is 14.3 Å². The van der Waals surface area contributed by atoms with E-state index in [2.05, 4.69) is 5.10 Å². The minimum absolute atomic E-state index is 0.0446. The number of likely N-dealkylation sites (tertiary alicyclic amines) is 2. The Morgan fingerprint density at radius 2 is 2.00 bits per heavy atom. The zero-order chi connectivity index (χ0) is 21.8. The predicted molar refractivity (Wildman–Crippen MR) is 114 cm³/mol. The quantitative estimate of drug-likeness (QED) is 0.501. The summed E-state index contributed by atoms with van der Waals surface area (Å²) in [6.07, 6.45) is 3.56. The number of nitrogens with two attached hydrogens (primary N) is 1. The molecule has 2 aliphatic heterocycles. The van der Waals surface area contributed by atoms with Gasteiger partial charge in [-0.15, -0.1) is 0 Å². The molecule has 1 aromatic heterocycles. The van der Waals surface area contributed by atoms with Gasteiger partial charge >= 0.3 is 0 Å². The largest absolute Gasteiger partial charge is 0.383 e. The van der Waals surface area contributed by atoms with Crippen LogP contribution >= 0.6 is 0 Å². The first-order valence-electron chi connectivity index (χ1n) is 10.6. The van der Waals surface area contributed by atoms with Gasteiger partial charge < -0.3 is 20.3 Å². The molecular formula is C22H27N5O4. The molecule has 1 aromatic carbocycles. The number of benzene rings is 1. The Bertz CT molecular complexity index is 958. The monoisotopic (exact) mass is 425 g/mol. The molecule has 0 bridgehead atoms. The van der Waals surface area contributed by atoms with Gasteiger partial charge in [-0.3, -0.25) is 14.4 Å². The maximum Gasteiger partial charge on any atom is 0.248 e. The SMILES string of the molecule is Nc1c(C(=O)[C@@H]2CCN(C(=O)COCCN3CCCC3=O)C2)cnn1-c1ccccc1. The molecule has 1 atom stereocenters. The van der Waals surface area contributed by atoms with Crippen molar-refractivity contribution in [3.8, 4) is 5.69 Å². The fraction of sp³-hybridized carbons (Fsp3) is 0.455. The van der Waals surface area contributed by atoms with Gasteiger partial charge in [0.05, 0.1) is 24.1 Å². The number of rotatable bonds is 8. The molecule has 4 rings (SSSR count). The molecule has 0 aliphatic carbocycles. The van der Waals surface area contributed by atoms with Gasteiger partial charge in [0.15, 0.2) is 5.78 Å².